The monoisotopic (exact) mass is 334 g/mol. The molecule has 0 bridgehead atoms. The van der Waals surface area contributed by atoms with Crippen LogP contribution in [-0.2, 0) is 6.18 Å². The van der Waals surface area contributed by atoms with E-state index in [-0.39, 0.29) is 6.04 Å². The summed E-state index contributed by atoms with van der Waals surface area (Å²) >= 11 is 0. The van der Waals surface area contributed by atoms with Gasteiger partial charge in [-0.05, 0) is 23.8 Å². The molecule has 0 amide bonds. The Morgan fingerprint density at radius 1 is 1.12 bits per heavy atom. The van der Waals surface area contributed by atoms with Gasteiger partial charge in [0.15, 0.2) is 0 Å². The number of benzene rings is 1. The molecule has 1 aliphatic heterocycles. The van der Waals surface area contributed by atoms with E-state index >= 15 is 0 Å². The number of halogens is 3. The van der Waals surface area contributed by atoms with Gasteiger partial charge in [-0.2, -0.15) is 24.0 Å². The van der Waals surface area contributed by atoms with E-state index in [0.29, 0.717) is 16.9 Å². The Morgan fingerprint density at radius 3 is 2.67 bits per heavy atom. The Labute approximate surface area is 135 Å². The highest BCUT2D eigenvalue weighted by Gasteiger charge is 2.31. The van der Waals surface area contributed by atoms with Gasteiger partial charge in [0.2, 0.25) is 0 Å². The van der Waals surface area contributed by atoms with Crippen molar-refractivity contribution in [1.29, 1.82) is 5.26 Å². The third-order valence-electron chi connectivity index (χ3n) is 3.56. The Kier molecular flexibility index (Phi) is 4.40. The fraction of sp³-hybridized carbons (Fsp3) is 0.188. The molecular formula is C16H13F3N4O. The zero-order chi connectivity index (χ0) is 17.2. The predicted octanol–water partition coefficient (Wildman–Crippen LogP) is 3.01. The Balaban J connectivity index is 1.75. The standard InChI is InChI=1S/C16H13F3N4O/c17-16(18,19)12-3-1-2-10(6-12)4-5-11-7-14(24-9-11)15-13(8-20)21-23-22-15/h1-7,9,13,15,21-23H/b5-4+. The lowest BCUT2D eigenvalue weighted by molar-refractivity contribution is -0.137. The first-order chi connectivity index (χ1) is 11.5. The van der Waals surface area contributed by atoms with E-state index in [1.165, 1.54) is 12.3 Å². The molecule has 0 saturated carbocycles. The SMILES string of the molecule is N#CC1NNNC1c1cc(/C=C/c2cccc(C(F)(F)F)c2)co1. The van der Waals surface area contributed by atoms with Crippen LogP contribution in [0.15, 0.2) is 41.0 Å². The number of nitrogens with one attached hydrogen (secondary N) is 3. The van der Waals surface area contributed by atoms with Gasteiger partial charge in [-0.15, -0.1) is 0 Å². The average Bonchev–Trinajstić information content (AvgIpc) is 3.21. The maximum atomic E-state index is 12.7. The van der Waals surface area contributed by atoms with Crippen LogP contribution in [0.25, 0.3) is 12.2 Å². The van der Waals surface area contributed by atoms with Gasteiger partial charge in [-0.25, -0.2) is 10.9 Å². The first kappa shape index (κ1) is 16.3. The Morgan fingerprint density at radius 2 is 1.92 bits per heavy atom. The molecule has 2 heterocycles. The number of furan rings is 1. The van der Waals surface area contributed by atoms with Gasteiger partial charge in [-0.3, -0.25) is 0 Å². The molecule has 3 rings (SSSR count). The second kappa shape index (κ2) is 6.49. The minimum Gasteiger partial charge on any atom is -0.467 e. The van der Waals surface area contributed by atoms with Crippen molar-refractivity contribution in [2.75, 3.05) is 0 Å². The lowest BCUT2D eigenvalue weighted by atomic mass is 10.1. The van der Waals surface area contributed by atoms with Crippen LogP contribution in [0, 0.1) is 11.3 Å². The molecule has 0 radical (unpaired) electrons. The summed E-state index contributed by atoms with van der Waals surface area (Å²) in [5.74, 6) is 0.544. The average molecular weight is 334 g/mol. The zero-order valence-corrected chi connectivity index (χ0v) is 12.3. The van der Waals surface area contributed by atoms with Crippen LogP contribution in [0.5, 0.6) is 0 Å². The van der Waals surface area contributed by atoms with Crippen molar-refractivity contribution in [3.05, 3.63) is 59.0 Å². The lowest BCUT2D eigenvalue weighted by Gasteiger charge is -2.07. The number of nitriles is 1. The van der Waals surface area contributed by atoms with Crippen molar-refractivity contribution in [1.82, 2.24) is 16.4 Å². The van der Waals surface area contributed by atoms with Gasteiger partial charge < -0.3 is 4.42 Å². The maximum absolute atomic E-state index is 12.7. The van der Waals surface area contributed by atoms with Crippen LogP contribution < -0.4 is 16.4 Å². The molecule has 24 heavy (non-hydrogen) atoms. The van der Waals surface area contributed by atoms with Crippen molar-refractivity contribution in [3.63, 3.8) is 0 Å². The number of hydrogen-bond donors (Lipinski definition) is 3. The van der Waals surface area contributed by atoms with Gasteiger partial charge in [0, 0.05) is 5.56 Å². The highest BCUT2D eigenvalue weighted by molar-refractivity contribution is 5.69. The molecule has 2 unspecified atom stereocenters. The van der Waals surface area contributed by atoms with Crippen LogP contribution in [0.1, 0.15) is 28.5 Å². The van der Waals surface area contributed by atoms with Crippen molar-refractivity contribution >= 4 is 12.2 Å². The quantitative estimate of drug-likeness (QED) is 0.805. The molecule has 0 aliphatic carbocycles. The van der Waals surface area contributed by atoms with Crippen molar-refractivity contribution < 1.29 is 17.6 Å². The molecule has 5 nitrogen and oxygen atoms in total. The van der Waals surface area contributed by atoms with E-state index in [1.54, 1.807) is 24.3 Å². The first-order valence-electron chi connectivity index (χ1n) is 7.07. The summed E-state index contributed by atoms with van der Waals surface area (Å²) in [6.07, 6.45) is 0.338. The molecule has 1 aromatic heterocycles. The van der Waals surface area contributed by atoms with Gasteiger partial charge in [0.05, 0.1) is 17.9 Å². The summed E-state index contributed by atoms with van der Waals surface area (Å²) in [4.78, 5) is 0. The smallest absolute Gasteiger partial charge is 0.416 e. The number of rotatable bonds is 3. The molecule has 2 aromatic rings. The highest BCUT2D eigenvalue weighted by atomic mass is 19.4. The highest BCUT2D eigenvalue weighted by Crippen LogP contribution is 2.30. The van der Waals surface area contributed by atoms with Crippen LogP contribution in [0.2, 0.25) is 0 Å². The number of alkyl halides is 3. The predicted molar refractivity (Wildman–Crippen MR) is 80.6 cm³/mol. The second-order valence-corrected chi connectivity index (χ2v) is 5.24. The van der Waals surface area contributed by atoms with Gasteiger partial charge >= 0.3 is 6.18 Å². The van der Waals surface area contributed by atoms with Crippen LogP contribution in [0.3, 0.4) is 0 Å². The molecule has 1 saturated heterocycles. The third kappa shape index (κ3) is 3.49. The number of hydrazine groups is 2. The van der Waals surface area contributed by atoms with Crippen LogP contribution >= 0.6 is 0 Å². The van der Waals surface area contributed by atoms with E-state index in [0.717, 1.165) is 12.1 Å². The molecule has 1 aromatic carbocycles. The maximum Gasteiger partial charge on any atom is 0.416 e. The molecule has 1 aliphatic rings. The minimum absolute atomic E-state index is 0.356. The molecular weight excluding hydrogens is 321 g/mol. The largest absolute Gasteiger partial charge is 0.467 e. The fourth-order valence-electron chi connectivity index (χ4n) is 2.34. The van der Waals surface area contributed by atoms with Gasteiger partial charge in [0.1, 0.15) is 17.8 Å². The van der Waals surface area contributed by atoms with E-state index in [1.807, 2.05) is 0 Å². The van der Waals surface area contributed by atoms with Crippen LogP contribution in [-0.4, -0.2) is 6.04 Å². The van der Waals surface area contributed by atoms with Crippen molar-refractivity contribution in [3.8, 4) is 6.07 Å². The summed E-state index contributed by atoms with van der Waals surface area (Å²) in [5.41, 5.74) is 8.68. The summed E-state index contributed by atoms with van der Waals surface area (Å²) < 4.78 is 43.5. The summed E-state index contributed by atoms with van der Waals surface area (Å²) in [6.45, 7) is 0. The van der Waals surface area contributed by atoms with Gasteiger partial charge in [0.25, 0.3) is 0 Å². The zero-order valence-electron chi connectivity index (χ0n) is 12.3. The minimum atomic E-state index is -4.37. The van der Waals surface area contributed by atoms with E-state index in [9.17, 15) is 13.2 Å². The molecule has 124 valence electrons. The molecule has 3 N–H and O–H groups in total. The fourth-order valence-corrected chi connectivity index (χ4v) is 2.34. The van der Waals surface area contributed by atoms with Crippen molar-refractivity contribution in [2.24, 2.45) is 0 Å². The first-order valence-corrected chi connectivity index (χ1v) is 7.07. The molecule has 1 fully saturated rings. The molecule has 0 spiro atoms. The topological polar surface area (TPSA) is 73.0 Å². The van der Waals surface area contributed by atoms with E-state index in [2.05, 4.69) is 22.5 Å². The second-order valence-electron chi connectivity index (χ2n) is 5.24. The molecule has 2 atom stereocenters. The van der Waals surface area contributed by atoms with E-state index in [4.69, 9.17) is 9.68 Å². The van der Waals surface area contributed by atoms with Crippen molar-refractivity contribution in [2.45, 2.75) is 18.3 Å². The van der Waals surface area contributed by atoms with Gasteiger partial charge in [-0.1, -0.05) is 24.3 Å². The normalized spacial score (nSPS) is 21.2. The van der Waals surface area contributed by atoms with E-state index < -0.39 is 17.8 Å². The Bertz CT molecular complexity index is 791. The lowest BCUT2D eigenvalue weighted by Crippen LogP contribution is -2.32. The van der Waals surface area contributed by atoms with Crippen LogP contribution in [0.4, 0.5) is 13.2 Å². The number of nitrogens with zero attached hydrogens (tertiary/aromatic N) is 1. The molecule has 8 heteroatoms. The summed E-state index contributed by atoms with van der Waals surface area (Å²) in [7, 11) is 0. The Hall–Kier alpha value is -2.60. The summed E-state index contributed by atoms with van der Waals surface area (Å²) in [5, 5.41) is 9.01. The third-order valence-corrected chi connectivity index (χ3v) is 3.56. The number of hydrogen-bond acceptors (Lipinski definition) is 5. The summed E-state index contributed by atoms with van der Waals surface area (Å²) in [6, 6.07) is 8.01.